The molecule has 1 aromatic heterocycles. The lowest BCUT2D eigenvalue weighted by molar-refractivity contribution is -0.115. The molecule has 0 aliphatic rings. The lowest BCUT2D eigenvalue weighted by Crippen LogP contribution is -2.22. The molecule has 4 aromatic rings. The van der Waals surface area contributed by atoms with Crippen molar-refractivity contribution < 1.29 is 4.79 Å². The van der Waals surface area contributed by atoms with Crippen LogP contribution in [-0.2, 0) is 11.2 Å². The molecular formula is C24H20ClN3O2. The van der Waals surface area contributed by atoms with Gasteiger partial charge in [0, 0.05) is 10.7 Å². The van der Waals surface area contributed by atoms with Gasteiger partial charge in [0.1, 0.15) is 5.82 Å². The Balaban J connectivity index is 1.63. The summed E-state index contributed by atoms with van der Waals surface area (Å²) in [5, 5.41) is 4.06. The second kappa shape index (κ2) is 8.13. The Bertz CT molecular complexity index is 1330. The largest absolute Gasteiger partial charge is 0.326 e. The van der Waals surface area contributed by atoms with E-state index >= 15 is 0 Å². The highest BCUT2D eigenvalue weighted by atomic mass is 35.5. The van der Waals surface area contributed by atoms with Crippen LogP contribution in [0.25, 0.3) is 16.6 Å². The molecule has 0 aliphatic heterocycles. The molecule has 5 nitrogen and oxygen atoms in total. The second-order valence-electron chi connectivity index (χ2n) is 7.13. The average molecular weight is 418 g/mol. The van der Waals surface area contributed by atoms with E-state index < -0.39 is 0 Å². The first-order valence-corrected chi connectivity index (χ1v) is 9.94. The van der Waals surface area contributed by atoms with Gasteiger partial charge in [-0.25, -0.2) is 4.98 Å². The van der Waals surface area contributed by atoms with E-state index in [1.165, 1.54) is 0 Å². The number of aryl methyl sites for hydroxylation is 2. The summed E-state index contributed by atoms with van der Waals surface area (Å²) in [6.07, 6.45) is 0.189. The highest BCUT2D eigenvalue weighted by Crippen LogP contribution is 2.21. The van der Waals surface area contributed by atoms with E-state index in [1.807, 2.05) is 62.4 Å². The lowest BCUT2D eigenvalue weighted by atomic mass is 10.1. The van der Waals surface area contributed by atoms with Crippen LogP contribution < -0.4 is 10.9 Å². The van der Waals surface area contributed by atoms with Crippen molar-refractivity contribution in [2.75, 3.05) is 5.32 Å². The Labute approximate surface area is 179 Å². The third-order valence-corrected chi connectivity index (χ3v) is 5.36. The Morgan fingerprint density at radius 1 is 1.03 bits per heavy atom. The third-order valence-electron chi connectivity index (χ3n) is 4.99. The molecule has 0 aliphatic carbocycles. The number of rotatable bonds is 4. The van der Waals surface area contributed by atoms with Crippen LogP contribution in [0, 0.1) is 13.8 Å². The molecule has 150 valence electrons. The minimum atomic E-state index is -0.153. The van der Waals surface area contributed by atoms with Crippen LogP contribution in [0.2, 0.25) is 5.02 Å². The van der Waals surface area contributed by atoms with Crippen LogP contribution in [0.15, 0.2) is 71.5 Å². The van der Waals surface area contributed by atoms with Gasteiger partial charge in [-0.05, 0) is 61.4 Å². The summed E-state index contributed by atoms with van der Waals surface area (Å²) in [6.45, 7) is 3.70. The third kappa shape index (κ3) is 3.84. The van der Waals surface area contributed by atoms with Gasteiger partial charge in [-0.2, -0.15) is 0 Å². The van der Waals surface area contributed by atoms with Gasteiger partial charge >= 0.3 is 0 Å². The van der Waals surface area contributed by atoms with Gasteiger partial charge in [0.2, 0.25) is 5.91 Å². The molecule has 0 spiro atoms. The normalized spacial score (nSPS) is 10.9. The molecule has 1 heterocycles. The van der Waals surface area contributed by atoms with Crippen LogP contribution in [-0.4, -0.2) is 15.5 Å². The molecule has 0 saturated carbocycles. The fraction of sp³-hybridized carbons (Fsp3) is 0.125. The van der Waals surface area contributed by atoms with E-state index in [0.29, 0.717) is 33.1 Å². The first-order valence-electron chi connectivity index (χ1n) is 9.57. The zero-order valence-electron chi connectivity index (χ0n) is 16.6. The van der Waals surface area contributed by atoms with Gasteiger partial charge in [-0.15, -0.1) is 0 Å². The van der Waals surface area contributed by atoms with Gasteiger partial charge in [-0.3, -0.25) is 14.2 Å². The molecule has 0 saturated heterocycles. The minimum Gasteiger partial charge on any atom is -0.326 e. The summed E-state index contributed by atoms with van der Waals surface area (Å²) >= 11 is 6.14. The number of anilines is 1. The first-order chi connectivity index (χ1) is 14.4. The van der Waals surface area contributed by atoms with Crippen molar-refractivity contribution in [3.05, 3.63) is 99.1 Å². The van der Waals surface area contributed by atoms with E-state index in [1.54, 1.807) is 22.8 Å². The number of hydrogen-bond acceptors (Lipinski definition) is 3. The van der Waals surface area contributed by atoms with E-state index in [-0.39, 0.29) is 17.9 Å². The molecule has 0 bridgehead atoms. The van der Waals surface area contributed by atoms with Gasteiger partial charge < -0.3 is 5.32 Å². The summed E-state index contributed by atoms with van der Waals surface area (Å²) in [5.41, 5.74) is 3.58. The molecule has 0 atom stereocenters. The van der Waals surface area contributed by atoms with Crippen LogP contribution >= 0.6 is 11.6 Å². The number of benzene rings is 3. The number of carbonyl (C=O) groups is 1. The van der Waals surface area contributed by atoms with Crippen molar-refractivity contribution in [1.29, 1.82) is 0 Å². The number of nitrogens with zero attached hydrogens (tertiary/aromatic N) is 2. The summed E-state index contributed by atoms with van der Waals surface area (Å²) < 4.78 is 1.59. The number of fused-ring (bicyclic) bond motifs is 1. The smallest absolute Gasteiger partial charge is 0.265 e. The van der Waals surface area contributed by atoms with Crippen LogP contribution in [0.1, 0.15) is 17.0 Å². The number of aromatic nitrogens is 2. The SMILES string of the molecule is Cc1cc(-n2c(C)nc3ccccc3c2=O)ccc1NC(=O)Cc1ccccc1Cl. The van der Waals surface area contributed by atoms with Gasteiger partial charge in [0.05, 0.1) is 23.0 Å². The summed E-state index contributed by atoms with van der Waals surface area (Å²) in [7, 11) is 0. The maximum atomic E-state index is 13.0. The molecule has 0 fully saturated rings. The summed E-state index contributed by atoms with van der Waals surface area (Å²) in [5.74, 6) is 0.452. The number of amides is 1. The van der Waals surface area contributed by atoms with E-state index in [9.17, 15) is 9.59 Å². The fourth-order valence-electron chi connectivity index (χ4n) is 3.48. The standard InChI is InChI=1S/C24H20ClN3O2/c1-15-13-18(28-16(2)26-22-10-6-4-8-19(22)24(28)30)11-12-21(15)27-23(29)14-17-7-3-5-9-20(17)25/h3-13H,14H2,1-2H3,(H,27,29). The maximum Gasteiger partial charge on any atom is 0.265 e. The summed E-state index contributed by atoms with van der Waals surface area (Å²) in [6, 6.07) is 20.1. The highest BCUT2D eigenvalue weighted by Gasteiger charge is 2.12. The molecule has 6 heteroatoms. The predicted molar refractivity (Wildman–Crippen MR) is 121 cm³/mol. The van der Waals surface area contributed by atoms with Crippen LogP contribution in [0.5, 0.6) is 0 Å². The van der Waals surface area contributed by atoms with Crippen LogP contribution in [0.3, 0.4) is 0 Å². The molecule has 30 heavy (non-hydrogen) atoms. The van der Waals surface area contributed by atoms with Gasteiger partial charge in [0.25, 0.3) is 5.56 Å². The number of carbonyl (C=O) groups excluding carboxylic acids is 1. The maximum absolute atomic E-state index is 13.0. The van der Waals surface area contributed by atoms with Crippen molar-refractivity contribution in [3.8, 4) is 5.69 Å². The zero-order valence-corrected chi connectivity index (χ0v) is 17.4. The molecule has 1 amide bonds. The highest BCUT2D eigenvalue weighted by molar-refractivity contribution is 6.31. The zero-order chi connectivity index (χ0) is 21.3. The molecule has 0 radical (unpaired) electrons. The number of para-hydroxylation sites is 1. The van der Waals surface area contributed by atoms with E-state index in [4.69, 9.17) is 11.6 Å². The quantitative estimate of drug-likeness (QED) is 0.517. The lowest BCUT2D eigenvalue weighted by Gasteiger charge is -2.14. The van der Waals surface area contributed by atoms with Crippen molar-refractivity contribution in [1.82, 2.24) is 9.55 Å². The minimum absolute atomic E-state index is 0.118. The molecule has 4 rings (SSSR count). The van der Waals surface area contributed by atoms with Crippen molar-refractivity contribution in [3.63, 3.8) is 0 Å². The Morgan fingerprint density at radius 2 is 1.77 bits per heavy atom. The van der Waals surface area contributed by atoms with Gasteiger partial charge in [0.15, 0.2) is 0 Å². The number of nitrogens with one attached hydrogen (secondary N) is 1. The Kier molecular flexibility index (Phi) is 5.38. The predicted octanol–water partition coefficient (Wildman–Crippen LogP) is 4.84. The van der Waals surface area contributed by atoms with E-state index in [2.05, 4.69) is 10.3 Å². The van der Waals surface area contributed by atoms with Crippen molar-refractivity contribution >= 4 is 34.1 Å². The monoisotopic (exact) mass is 417 g/mol. The number of halogens is 1. The Hall–Kier alpha value is -3.44. The van der Waals surface area contributed by atoms with Crippen LogP contribution in [0.4, 0.5) is 5.69 Å². The topological polar surface area (TPSA) is 64.0 Å². The molecular weight excluding hydrogens is 398 g/mol. The van der Waals surface area contributed by atoms with Gasteiger partial charge in [-0.1, -0.05) is 41.9 Å². The fourth-order valence-corrected chi connectivity index (χ4v) is 3.69. The molecule has 0 unspecified atom stereocenters. The second-order valence-corrected chi connectivity index (χ2v) is 7.54. The first kappa shape index (κ1) is 19.9. The molecule has 1 N–H and O–H groups in total. The molecule has 3 aromatic carbocycles. The van der Waals surface area contributed by atoms with E-state index in [0.717, 1.165) is 11.1 Å². The van der Waals surface area contributed by atoms with Crippen molar-refractivity contribution in [2.24, 2.45) is 0 Å². The Morgan fingerprint density at radius 3 is 2.53 bits per heavy atom. The summed E-state index contributed by atoms with van der Waals surface area (Å²) in [4.78, 5) is 30.0. The van der Waals surface area contributed by atoms with Crippen molar-refractivity contribution in [2.45, 2.75) is 20.3 Å². The average Bonchev–Trinajstić information content (AvgIpc) is 2.72. The number of hydrogen-bond donors (Lipinski definition) is 1.